The van der Waals surface area contributed by atoms with E-state index < -0.39 is 0 Å². The third-order valence-electron chi connectivity index (χ3n) is 2.72. The van der Waals surface area contributed by atoms with E-state index in [1.807, 2.05) is 6.92 Å². The highest BCUT2D eigenvalue weighted by Crippen LogP contribution is 2.14. The first kappa shape index (κ1) is 11.0. The van der Waals surface area contributed by atoms with Crippen LogP contribution in [0.5, 0.6) is 0 Å². The van der Waals surface area contributed by atoms with Crippen LogP contribution in [0.3, 0.4) is 0 Å². The molecule has 13 heavy (non-hydrogen) atoms. The number of morpholine rings is 1. The highest BCUT2D eigenvalue weighted by molar-refractivity contribution is 4.79. The van der Waals surface area contributed by atoms with Crippen LogP contribution in [0.1, 0.15) is 27.7 Å². The molecule has 4 atom stereocenters. The minimum Gasteiger partial charge on any atom is -0.392 e. The van der Waals surface area contributed by atoms with Gasteiger partial charge in [-0.25, -0.2) is 0 Å². The third-order valence-corrected chi connectivity index (χ3v) is 2.72. The van der Waals surface area contributed by atoms with Crippen LogP contribution < -0.4 is 0 Å². The second-order valence-corrected chi connectivity index (χ2v) is 4.19. The maximum Gasteiger partial charge on any atom is 0.0678 e. The first-order chi connectivity index (χ1) is 6.00. The van der Waals surface area contributed by atoms with Crippen LogP contribution in [0.25, 0.3) is 0 Å². The second kappa shape index (κ2) is 4.40. The van der Waals surface area contributed by atoms with Gasteiger partial charge in [-0.1, -0.05) is 0 Å². The molecule has 1 rings (SSSR count). The minimum atomic E-state index is -0.266. The molecule has 0 aromatic carbocycles. The van der Waals surface area contributed by atoms with Crippen molar-refractivity contribution in [3.63, 3.8) is 0 Å². The molecule has 1 heterocycles. The van der Waals surface area contributed by atoms with Crippen LogP contribution in [-0.4, -0.2) is 47.4 Å². The van der Waals surface area contributed by atoms with E-state index in [0.717, 1.165) is 13.1 Å². The topological polar surface area (TPSA) is 32.7 Å². The summed E-state index contributed by atoms with van der Waals surface area (Å²) in [6.07, 6.45) is 0.299. The van der Waals surface area contributed by atoms with Gasteiger partial charge in [0.2, 0.25) is 0 Å². The first-order valence-corrected chi connectivity index (χ1v) is 5.08. The standard InChI is InChI=1S/C10H21NO2/c1-7-5-11(6-8(2)13-7)9(3)10(4)12/h7-10,12H,5-6H2,1-4H3/t7-,8+,9?,10?. The lowest BCUT2D eigenvalue weighted by atomic mass is 10.1. The summed E-state index contributed by atoms with van der Waals surface area (Å²) in [5.41, 5.74) is 0. The molecule has 78 valence electrons. The number of hydrogen-bond donors (Lipinski definition) is 1. The Bertz CT molecular complexity index is 151. The van der Waals surface area contributed by atoms with Gasteiger partial charge in [0.05, 0.1) is 18.3 Å². The largest absolute Gasteiger partial charge is 0.392 e. The van der Waals surface area contributed by atoms with Gasteiger partial charge in [-0.15, -0.1) is 0 Å². The highest BCUT2D eigenvalue weighted by atomic mass is 16.5. The SMILES string of the molecule is CC(O)C(C)N1C[C@@H](C)O[C@@H](C)C1. The summed E-state index contributed by atoms with van der Waals surface area (Å²) >= 11 is 0. The number of hydrogen-bond acceptors (Lipinski definition) is 3. The molecule has 0 spiro atoms. The second-order valence-electron chi connectivity index (χ2n) is 4.19. The Morgan fingerprint density at radius 1 is 1.23 bits per heavy atom. The summed E-state index contributed by atoms with van der Waals surface area (Å²) in [5, 5.41) is 9.46. The summed E-state index contributed by atoms with van der Waals surface area (Å²) in [7, 11) is 0. The van der Waals surface area contributed by atoms with Gasteiger partial charge in [-0.3, -0.25) is 4.90 Å². The summed E-state index contributed by atoms with van der Waals surface area (Å²) in [4.78, 5) is 2.30. The van der Waals surface area contributed by atoms with Gasteiger partial charge in [0, 0.05) is 19.1 Å². The molecule has 0 aliphatic carbocycles. The summed E-state index contributed by atoms with van der Waals surface area (Å²) in [5.74, 6) is 0. The molecular weight excluding hydrogens is 166 g/mol. The number of aliphatic hydroxyl groups is 1. The van der Waals surface area contributed by atoms with Crippen LogP contribution in [0, 0.1) is 0 Å². The molecular formula is C10H21NO2. The molecule has 0 aromatic rings. The van der Waals surface area contributed by atoms with Crippen molar-refractivity contribution < 1.29 is 9.84 Å². The quantitative estimate of drug-likeness (QED) is 0.696. The highest BCUT2D eigenvalue weighted by Gasteiger charge is 2.27. The Morgan fingerprint density at radius 3 is 2.08 bits per heavy atom. The van der Waals surface area contributed by atoms with E-state index in [1.165, 1.54) is 0 Å². The number of aliphatic hydroxyl groups excluding tert-OH is 1. The third kappa shape index (κ3) is 2.93. The average molecular weight is 187 g/mol. The molecule has 0 aromatic heterocycles. The van der Waals surface area contributed by atoms with Crippen molar-refractivity contribution in [2.45, 2.75) is 52.0 Å². The maximum atomic E-state index is 9.46. The Labute approximate surface area is 80.7 Å². The van der Waals surface area contributed by atoms with Gasteiger partial charge < -0.3 is 9.84 Å². The van der Waals surface area contributed by atoms with E-state index in [9.17, 15) is 5.11 Å². The molecule has 0 amide bonds. The van der Waals surface area contributed by atoms with Crippen molar-refractivity contribution in [1.82, 2.24) is 4.90 Å². The lowest BCUT2D eigenvalue weighted by Crippen LogP contribution is -2.52. The van der Waals surface area contributed by atoms with E-state index in [1.54, 1.807) is 0 Å². The first-order valence-electron chi connectivity index (χ1n) is 5.08. The maximum absolute atomic E-state index is 9.46. The summed E-state index contributed by atoms with van der Waals surface area (Å²) in [6, 6.07) is 0.230. The summed E-state index contributed by atoms with van der Waals surface area (Å²) < 4.78 is 5.62. The van der Waals surface area contributed by atoms with Crippen LogP contribution >= 0.6 is 0 Å². The van der Waals surface area contributed by atoms with E-state index in [2.05, 4.69) is 25.7 Å². The molecule has 0 saturated carbocycles. The van der Waals surface area contributed by atoms with Crippen LogP contribution in [0.15, 0.2) is 0 Å². The Kier molecular flexibility index (Phi) is 3.71. The number of nitrogens with zero attached hydrogens (tertiary/aromatic N) is 1. The van der Waals surface area contributed by atoms with E-state index >= 15 is 0 Å². The Morgan fingerprint density at radius 2 is 1.69 bits per heavy atom. The zero-order chi connectivity index (χ0) is 10.0. The molecule has 2 unspecified atom stereocenters. The average Bonchev–Trinajstić information content (AvgIpc) is 2.01. The Hall–Kier alpha value is -0.120. The molecule has 0 radical (unpaired) electrons. The van der Waals surface area contributed by atoms with Gasteiger partial charge in [-0.2, -0.15) is 0 Å². The molecule has 1 saturated heterocycles. The van der Waals surface area contributed by atoms with Crippen molar-refractivity contribution in [3.05, 3.63) is 0 Å². The molecule has 3 heteroatoms. The zero-order valence-electron chi connectivity index (χ0n) is 9.03. The van der Waals surface area contributed by atoms with Gasteiger partial charge in [0.1, 0.15) is 0 Å². The zero-order valence-corrected chi connectivity index (χ0v) is 9.03. The van der Waals surface area contributed by atoms with Crippen LogP contribution in [-0.2, 0) is 4.74 Å². The van der Waals surface area contributed by atoms with Crippen molar-refractivity contribution in [1.29, 1.82) is 0 Å². The fourth-order valence-corrected chi connectivity index (χ4v) is 1.86. The van der Waals surface area contributed by atoms with Gasteiger partial charge >= 0.3 is 0 Å². The lowest BCUT2D eigenvalue weighted by molar-refractivity contribution is -0.0908. The van der Waals surface area contributed by atoms with Crippen molar-refractivity contribution in [3.8, 4) is 0 Å². The number of ether oxygens (including phenoxy) is 1. The van der Waals surface area contributed by atoms with E-state index in [-0.39, 0.29) is 24.4 Å². The fraction of sp³-hybridized carbons (Fsp3) is 1.00. The van der Waals surface area contributed by atoms with Crippen molar-refractivity contribution in [2.24, 2.45) is 0 Å². The number of rotatable bonds is 2. The molecule has 1 aliphatic rings. The molecule has 1 aliphatic heterocycles. The van der Waals surface area contributed by atoms with Crippen LogP contribution in [0.4, 0.5) is 0 Å². The molecule has 1 fully saturated rings. The van der Waals surface area contributed by atoms with Crippen molar-refractivity contribution in [2.75, 3.05) is 13.1 Å². The lowest BCUT2D eigenvalue weighted by Gasteiger charge is -2.39. The normalized spacial score (nSPS) is 35.8. The van der Waals surface area contributed by atoms with Crippen molar-refractivity contribution >= 4 is 0 Å². The monoisotopic (exact) mass is 187 g/mol. The van der Waals surface area contributed by atoms with Gasteiger partial charge in [0.15, 0.2) is 0 Å². The molecule has 0 bridgehead atoms. The predicted octanol–water partition coefficient (Wildman–Crippen LogP) is 0.865. The van der Waals surface area contributed by atoms with Gasteiger partial charge in [-0.05, 0) is 27.7 Å². The summed E-state index contributed by atoms with van der Waals surface area (Å²) in [6.45, 7) is 9.92. The fourth-order valence-electron chi connectivity index (χ4n) is 1.86. The van der Waals surface area contributed by atoms with E-state index in [4.69, 9.17) is 4.74 Å². The Balaban J connectivity index is 2.49. The smallest absolute Gasteiger partial charge is 0.0678 e. The molecule has 1 N–H and O–H groups in total. The predicted molar refractivity (Wildman–Crippen MR) is 52.7 cm³/mol. The molecule has 3 nitrogen and oxygen atoms in total. The minimum absolute atomic E-state index is 0.230. The van der Waals surface area contributed by atoms with Gasteiger partial charge in [0.25, 0.3) is 0 Å². The van der Waals surface area contributed by atoms with Crippen LogP contribution in [0.2, 0.25) is 0 Å². The van der Waals surface area contributed by atoms with E-state index in [0.29, 0.717) is 0 Å².